The SMILES string of the molecule is C#CCn1c(=O)c2c(nc(/C=C/c3cccc([N+](=O)[O-])c3)n2C)n(C)c1=O. The van der Waals surface area contributed by atoms with Crippen LogP contribution in [-0.4, -0.2) is 23.6 Å². The van der Waals surface area contributed by atoms with Crippen LogP contribution in [-0.2, 0) is 20.6 Å². The van der Waals surface area contributed by atoms with Crippen LogP contribution in [0, 0.1) is 22.5 Å². The van der Waals surface area contributed by atoms with Gasteiger partial charge in [-0.1, -0.05) is 24.1 Å². The molecule has 0 bridgehead atoms. The highest BCUT2D eigenvalue weighted by Crippen LogP contribution is 2.16. The van der Waals surface area contributed by atoms with Gasteiger partial charge in [-0.15, -0.1) is 6.42 Å². The van der Waals surface area contributed by atoms with Crippen LogP contribution in [0.5, 0.6) is 0 Å². The fraction of sp³-hybridized carbons (Fsp3) is 0.167. The summed E-state index contributed by atoms with van der Waals surface area (Å²) in [6, 6.07) is 6.11. The third-order valence-corrected chi connectivity index (χ3v) is 4.15. The molecule has 0 saturated carbocycles. The molecule has 2 aromatic heterocycles. The quantitative estimate of drug-likeness (QED) is 0.392. The molecule has 9 nitrogen and oxygen atoms in total. The summed E-state index contributed by atoms with van der Waals surface area (Å²) in [6.07, 6.45) is 8.51. The molecule has 3 aromatic rings. The molecule has 0 atom stereocenters. The lowest BCUT2D eigenvalue weighted by Gasteiger charge is -2.05. The molecule has 0 amide bonds. The van der Waals surface area contributed by atoms with E-state index in [-0.39, 0.29) is 23.4 Å². The summed E-state index contributed by atoms with van der Waals surface area (Å²) in [4.78, 5) is 39.7. The highest BCUT2D eigenvalue weighted by molar-refractivity contribution is 5.76. The number of fused-ring (bicyclic) bond motifs is 1. The zero-order valence-electron chi connectivity index (χ0n) is 14.6. The van der Waals surface area contributed by atoms with Crippen molar-refractivity contribution < 1.29 is 4.92 Å². The fourth-order valence-corrected chi connectivity index (χ4v) is 2.75. The molecule has 0 spiro atoms. The van der Waals surface area contributed by atoms with Gasteiger partial charge in [0.05, 0.1) is 11.5 Å². The number of nitro groups is 1. The Morgan fingerprint density at radius 2 is 2.00 bits per heavy atom. The zero-order chi connectivity index (χ0) is 19.7. The van der Waals surface area contributed by atoms with Crippen LogP contribution in [0.3, 0.4) is 0 Å². The van der Waals surface area contributed by atoms with Gasteiger partial charge < -0.3 is 4.57 Å². The van der Waals surface area contributed by atoms with Crippen molar-refractivity contribution in [2.24, 2.45) is 14.1 Å². The Balaban J connectivity index is 2.15. The first kappa shape index (κ1) is 17.9. The summed E-state index contributed by atoms with van der Waals surface area (Å²) in [5.74, 6) is 2.71. The van der Waals surface area contributed by atoms with Crippen LogP contribution < -0.4 is 11.2 Å². The van der Waals surface area contributed by atoms with Gasteiger partial charge in [0.2, 0.25) is 0 Å². The van der Waals surface area contributed by atoms with E-state index < -0.39 is 16.2 Å². The minimum atomic E-state index is -0.544. The fourth-order valence-electron chi connectivity index (χ4n) is 2.75. The number of nitrogens with zero attached hydrogens (tertiary/aromatic N) is 5. The van der Waals surface area contributed by atoms with E-state index in [1.165, 1.54) is 23.7 Å². The van der Waals surface area contributed by atoms with E-state index in [4.69, 9.17) is 6.42 Å². The normalized spacial score (nSPS) is 11.1. The first-order valence-corrected chi connectivity index (χ1v) is 7.87. The molecule has 0 aliphatic carbocycles. The molecule has 1 aromatic carbocycles. The monoisotopic (exact) mass is 365 g/mol. The maximum absolute atomic E-state index is 12.6. The molecular weight excluding hydrogens is 350 g/mol. The Hall–Kier alpha value is -3.93. The number of benzene rings is 1. The minimum Gasteiger partial charge on any atom is -0.322 e. The lowest BCUT2D eigenvalue weighted by Crippen LogP contribution is -2.39. The smallest absolute Gasteiger partial charge is 0.322 e. The molecule has 9 heteroatoms. The lowest BCUT2D eigenvalue weighted by molar-refractivity contribution is -0.384. The van der Waals surface area contributed by atoms with Gasteiger partial charge in [0.1, 0.15) is 5.82 Å². The van der Waals surface area contributed by atoms with Gasteiger partial charge in [-0.2, -0.15) is 0 Å². The Labute approximate surface area is 153 Å². The van der Waals surface area contributed by atoms with Gasteiger partial charge in [-0.05, 0) is 11.6 Å². The number of imidazole rings is 1. The van der Waals surface area contributed by atoms with Crippen LogP contribution in [0.2, 0.25) is 0 Å². The van der Waals surface area contributed by atoms with Crippen molar-refractivity contribution in [3.63, 3.8) is 0 Å². The summed E-state index contributed by atoms with van der Waals surface area (Å²) in [5.41, 5.74) is -0.00377. The molecular formula is C18H15N5O4. The van der Waals surface area contributed by atoms with Crippen LogP contribution in [0.4, 0.5) is 5.69 Å². The van der Waals surface area contributed by atoms with E-state index in [9.17, 15) is 19.7 Å². The first-order chi connectivity index (χ1) is 12.8. The first-order valence-electron chi connectivity index (χ1n) is 7.87. The second-order valence-electron chi connectivity index (χ2n) is 5.82. The van der Waals surface area contributed by atoms with Gasteiger partial charge in [0.25, 0.3) is 11.2 Å². The summed E-state index contributed by atoms with van der Waals surface area (Å²) < 4.78 is 3.79. The number of rotatable bonds is 4. The summed E-state index contributed by atoms with van der Waals surface area (Å²) in [5, 5.41) is 10.9. The third-order valence-electron chi connectivity index (χ3n) is 4.15. The van der Waals surface area contributed by atoms with Crippen LogP contribution in [0.15, 0.2) is 33.9 Å². The van der Waals surface area contributed by atoms with E-state index >= 15 is 0 Å². The molecule has 0 aliphatic rings. The average Bonchev–Trinajstić information content (AvgIpc) is 2.98. The maximum atomic E-state index is 12.6. The van der Waals surface area contributed by atoms with Gasteiger partial charge in [0, 0.05) is 26.2 Å². The van der Waals surface area contributed by atoms with Crippen molar-refractivity contribution in [1.29, 1.82) is 0 Å². The number of aromatic nitrogens is 4. The molecule has 0 radical (unpaired) electrons. The highest BCUT2D eigenvalue weighted by Gasteiger charge is 2.17. The molecule has 0 saturated heterocycles. The van der Waals surface area contributed by atoms with Gasteiger partial charge in [-0.25, -0.2) is 14.3 Å². The van der Waals surface area contributed by atoms with Crippen molar-refractivity contribution in [2.45, 2.75) is 6.54 Å². The minimum absolute atomic E-state index is 0.0262. The van der Waals surface area contributed by atoms with E-state index in [1.54, 1.807) is 35.9 Å². The molecule has 0 N–H and O–H groups in total. The number of hydrogen-bond acceptors (Lipinski definition) is 5. The Morgan fingerprint density at radius 3 is 2.67 bits per heavy atom. The average molecular weight is 365 g/mol. The van der Waals surface area contributed by atoms with E-state index in [2.05, 4.69) is 10.9 Å². The van der Waals surface area contributed by atoms with Gasteiger partial charge in [-0.3, -0.25) is 19.5 Å². The highest BCUT2D eigenvalue weighted by atomic mass is 16.6. The van der Waals surface area contributed by atoms with Gasteiger partial charge >= 0.3 is 5.69 Å². The third kappa shape index (κ3) is 3.04. The predicted molar refractivity (Wildman–Crippen MR) is 101 cm³/mol. The molecule has 0 unspecified atom stereocenters. The van der Waals surface area contributed by atoms with Crippen molar-refractivity contribution in [2.75, 3.05) is 0 Å². The Kier molecular flexibility index (Phi) is 4.48. The summed E-state index contributed by atoms with van der Waals surface area (Å²) in [7, 11) is 3.16. The second-order valence-corrected chi connectivity index (χ2v) is 5.82. The van der Waals surface area contributed by atoms with Crippen molar-refractivity contribution in [3.05, 3.63) is 66.6 Å². The van der Waals surface area contributed by atoms with E-state index in [0.717, 1.165) is 4.57 Å². The number of hydrogen-bond donors (Lipinski definition) is 0. The summed E-state index contributed by atoms with van der Waals surface area (Å²) >= 11 is 0. The summed E-state index contributed by atoms with van der Waals surface area (Å²) in [6.45, 7) is -0.133. The molecule has 0 aliphatic heterocycles. The number of non-ortho nitro benzene ring substituents is 1. The molecule has 136 valence electrons. The van der Waals surface area contributed by atoms with Crippen molar-refractivity contribution in [3.8, 4) is 12.3 Å². The molecule has 2 heterocycles. The van der Waals surface area contributed by atoms with Crippen LogP contribution >= 0.6 is 0 Å². The predicted octanol–water partition coefficient (Wildman–Crippen LogP) is 1.15. The number of aryl methyl sites for hydroxylation is 2. The van der Waals surface area contributed by atoms with Crippen LogP contribution in [0.25, 0.3) is 23.3 Å². The standard InChI is InChI=1S/C18H15N5O4/c1-4-10-22-17(24)15-16(21(3)18(22)25)19-14(20(15)2)9-8-12-6-5-7-13(11-12)23(26)27/h1,5-9,11H,10H2,2-3H3/b9-8+. The molecule has 0 fully saturated rings. The zero-order valence-corrected chi connectivity index (χ0v) is 14.6. The van der Waals surface area contributed by atoms with Crippen LogP contribution in [0.1, 0.15) is 11.4 Å². The largest absolute Gasteiger partial charge is 0.333 e. The molecule has 27 heavy (non-hydrogen) atoms. The van der Waals surface area contributed by atoms with E-state index in [0.29, 0.717) is 11.4 Å². The number of nitro benzene ring substituents is 1. The van der Waals surface area contributed by atoms with Crippen molar-refractivity contribution >= 4 is 29.0 Å². The lowest BCUT2D eigenvalue weighted by atomic mass is 10.2. The Bertz CT molecular complexity index is 1250. The van der Waals surface area contributed by atoms with Crippen molar-refractivity contribution in [1.82, 2.24) is 18.7 Å². The topological polar surface area (TPSA) is 105 Å². The Morgan fingerprint density at radius 1 is 1.26 bits per heavy atom. The van der Waals surface area contributed by atoms with E-state index in [1.807, 2.05) is 0 Å². The molecule has 3 rings (SSSR count). The second kappa shape index (κ2) is 6.76. The number of terminal acetylenes is 1. The van der Waals surface area contributed by atoms with Gasteiger partial charge in [0.15, 0.2) is 11.2 Å². The maximum Gasteiger partial charge on any atom is 0.333 e.